The van der Waals surface area contributed by atoms with Crippen LogP contribution in [0, 0.1) is 12.3 Å². The molecule has 0 aliphatic heterocycles. The highest BCUT2D eigenvalue weighted by Crippen LogP contribution is 2.05. The lowest BCUT2D eigenvalue weighted by molar-refractivity contribution is -0.111. The Hall–Kier alpha value is -2.08. The number of hydrogen-bond donors (Lipinski definition) is 1. The van der Waals surface area contributed by atoms with Crippen LogP contribution in [0.2, 0.25) is 0 Å². The number of oxime groups is 1. The second-order valence-corrected chi connectivity index (χ2v) is 2.73. The molecule has 3 heteroatoms. The van der Waals surface area contributed by atoms with E-state index >= 15 is 0 Å². The van der Waals surface area contributed by atoms with Gasteiger partial charge in [0.15, 0.2) is 11.5 Å². The molecular weight excluding hydrogens is 178 g/mol. The highest BCUT2D eigenvalue weighted by molar-refractivity contribution is 6.45. The SMILES string of the molecule is C#Cc1ccc(C(=NO)C(C)=O)cc1. The van der Waals surface area contributed by atoms with E-state index < -0.39 is 0 Å². The first-order valence-electron chi connectivity index (χ1n) is 3.99. The van der Waals surface area contributed by atoms with Gasteiger partial charge in [0.2, 0.25) is 0 Å². The minimum atomic E-state index is -0.291. The van der Waals surface area contributed by atoms with E-state index in [-0.39, 0.29) is 11.5 Å². The van der Waals surface area contributed by atoms with E-state index in [2.05, 4.69) is 11.1 Å². The molecule has 0 atom stereocenters. The third kappa shape index (κ3) is 1.99. The number of hydrogen-bond acceptors (Lipinski definition) is 3. The standard InChI is InChI=1S/C11H9NO2/c1-3-9-4-6-10(7-5-9)11(12-14)8(2)13/h1,4-7,14H,2H3. The molecule has 1 N–H and O–H groups in total. The van der Waals surface area contributed by atoms with Crippen molar-refractivity contribution in [2.45, 2.75) is 6.92 Å². The number of benzene rings is 1. The third-order valence-electron chi connectivity index (χ3n) is 1.76. The summed E-state index contributed by atoms with van der Waals surface area (Å²) in [6, 6.07) is 6.66. The van der Waals surface area contributed by atoms with Gasteiger partial charge in [0.05, 0.1) is 0 Å². The lowest BCUT2D eigenvalue weighted by atomic mass is 10.1. The number of carbonyl (C=O) groups excluding carboxylic acids is 1. The zero-order chi connectivity index (χ0) is 10.6. The highest BCUT2D eigenvalue weighted by atomic mass is 16.4. The molecule has 0 fully saturated rings. The average molecular weight is 187 g/mol. The Morgan fingerprint density at radius 2 is 2.00 bits per heavy atom. The molecule has 0 heterocycles. The lowest BCUT2D eigenvalue weighted by Crippen LogP contribution is -2.11. The summed E-state index contributed by atoms with van der Waals surface area (Å²) < 4.78 is 0. The van der Waals surface area contributed by atoms with Crippen molar-refractivity contribution in [2.75, 3.05) is 0 Å². The van der Waals surface area contributed by atoms with Crippen LogP contribution in [0.25, 0.3) is 0 Å². The Morgan fingerprint density at radius 3 is 2.36 bits per heavy atom. The first-order chi connectivity index (χ1) is 6.69. The molecule has 0 spiro atoms. The summed E-state index contributed by atoms with van der Waals surface area (Å²) in [5.41, 5.74) is 1.31. The van der Waals surface area contributed by atoms with E-state index in [0.29, 0.717) is 5.56 Å². The maximum Gasteiger partial charge on any atom is 0.182 e. The summed E-state index contributed by atoms with van der Waals surface area (Å²) in [5.74, 6) is 2.16. The van der Waals surface area contributed by atoms with Gasteiger partial charge >= 0.3 is 0 Å². The monoisotopic (exact) mass is 187 g/mol. The Kier molecular flexibility index (Phi) is 3.03. The summed E-state index contributed by atoms with van der Waals surface area (Å²) >= 11 is 0. The molecule has 14 heavy (non-hydrogen) atoms. The van der Waals surface area contributed by atoms with Crippen LogP contribution < -0.4 is 0 Å². The zero-order valence-electron chi connectivity index (χ0n) is 7.69. The van der Waals surface area contributed by atoms with Gasteiger partial charge < -0.3 is 5.21 Å². The Balaban J connectivity index is 3.10. The second kappa shape index (κ2) is 4.24. The number of carbonyl (C=O) groups is 1. The fourth-order valence-electron chi connectivity index (χ4n) is 1.06. The van der Waals surface area contributed by atoms with Gasteiger partial charge in [-0.3, -0.25) is 4.79 Å². The molecule has 0 saturated heterocycles. The number of Topliss-reactive ketones (excluding diaryl/α,β-unsaturated/α-hetero) is 1. The summed E-state index contributed by atoms with van der Waals surface area (Å²) in [5, 5.41) is 11.5. The predicted molar refractivity (Wildman–Crippen MR) is 53.4 cm³/mol. The molecule has 1 aromatic carbocycles. The molecule has 0 aromatic heterocycles. The lowest BCUT2D eigenvalue weighted by Gasteiger charge is -1.99. The van der Waals surface area contributed by atoms with E-state index in [9.17, 15) is 4.79 Å². The van der Waals surface area contributed by atoms with Crippen LogP contribution in [0.5, 0.6) is 0 Å². The number of terminal acetylenes is 1. The number of nitrogens with zero attached hydrogens (tertiary/aromatic N) is 1. The molecule has 0 bridgehead atoms. The average Bonchev–Trinajstić information content (AvgIpc) is 2.19. The smallest absolute Gasteiger partial charge is 0.182 e. The van der Waals surface area contributed by atoms with Gasteiger partial charge in [-0.1, -0.05) is 23.2 Å². The maximum atomic E-state index is 11.0. The quantitative estimate of drug-likeness (QED) is 0.329. The van der Waals surface area contributed by atoms with Crippen LogP contribution in [0.15, 0.2) is 29.4 Å². The van der Waals surface area contributed by atoms with E-state index in [4.69, 9.17) is 11.6 Å². The largest absolute Gasteiger partial charge is 0.410 e. The minimum Gasteiger partial charge on any atom is -0.410 e. The molecule has 0 aliphatic rings. The van der Waals surface area contributed by atoms with E-state index in [1.807, 2.05) is 0 Å². The van der Waals surface area contributed by atoms with Crippen molar-refractivity contribution in [3.63, 3.8) is 0 Å². The minimum absolute atomic E-state index is 0.0357. The molecule has 1 rings (SSSR count). The summed E-state index contributed by atoms with van der Waals surface area (Å²) in [4.78, 5) is 11.0. The van der Waals surface area contributed by atoms with Gasteiger partial charge in [-0.25, -0.2) is 0 Å². The van der Waals surface area contributed by atoms with Crippen molar-refractivity contribution in [3.8, 4) is 12.3 Å². The van der Waals surface area contributed by atoms with Crippen molar-refractivity contribution < 1.29 is 10.0 Å². The molecule has 1 aromatic rings. The van der Waals surface area contributed by atoms with Gasteiger partial charge in [-0.05, 0) is 12.1 Å². The van der Waals surface area contributed by atoms with Crippen LogP contribution >= 0.6 is 0 Å². The maximum absolute atomic E-state index is 11.0. The van der Waals surface area contributed by atoms with E-state index in [1.54, 1.807) is 24.3 Å². The molecule has 0 saturated carbocycles. The van der Waals surface area contributed by atoms with Gasteiger partial charge in [0, 0.05) is 18.1 Å². The summed E-state index contributed by atoms with van der Waals surface area (Å²) in [7, 11) is 0. The predicted octanol–water partition coefficient (Wildman–Crippen LogP) is 1.44. The zero-order valence-corrected chi connectivity index (χ0v) is 7.69. The van der Waals surface area contributed by atoms with Crippen molar-refractivity contribution in [1.82, 2.24) is 0 Å². The van der Waals surface area contributed by atoms with Gasteiger partial charge in [0.1, 0.15) is 0 Å². The van der Waals surface area contributed by atoms with Crippen LogP contribution in [-0.2, 0) is 4.79 Å². The number of ketones is 1. The molecule has 70 valence electrons. The van der Waals surface area contributed by atoms with Crippen molar-refractivity contribution in [1.29, 1.82) is 0 Å². The Morgan fingerprint density at radius 1 is 1.43 bits per heavy atom. The van der Waals surface area contributed by atoms with Gasteiger partial charge in [-0.2, -0.15) is 0 Å². The molecule has 3 nitrogen and oxygen atoms in total. The van der Waals surface area contributed by atoms with Gasteiger partial charge in [-0.15, -0.1) is 6.42 Å². The van der Waals surface area contributed by atoms with Crippen molar-refractivity contribution in [3.05, 3.63) is 35.4 Å². The van der Waals surface area contributed by atoms with Crippen LogP contribution in [0.4, 0.5) is 0 Å². The fraction of sp³-hybridized carbons (Fsp3) is 0.0909. The van der Waals surface area contributed by atoms with Gasteiger partial charge in [0.25, 0.3) is 0 Å². The topological polar surface area (TPSA) is 49.7 Å². The second-order valence-electron chi connectivity index (χ2n) is 2.73. The third-order valence-corrected chi connectivity index (χ3v) is 1.76. The number of rotatable bonds is 2. The van der Waals surface area contributed by atoms with Crippen molar-refractivity contribution >= 4 is 11.5 Å². The Bertz CT molecular complexity index is 410. The summed E-state index contributed by atoms with van der Waals surface area (Å²) in [6.07, 6.45) is 5.17. The molecule has 0 amide bonds. The normalized spacial score (nSPS) is 10.7. The van der Waals surface area contributed by atoms with Crippen molar-refractivity contribution in [2.24, 2.45) is 5.16 Å². The van der Waals surface area contributed by atoms with Crippen LogP contribution in [-0.4, -0.2) is 16.7 Å². The van der Waals surface area contributed by atoms with Crippen LogP contribution in [0.1, 0.15) is 18.1 Å². The fourth-order valence-corrected chi connectivity index (χ4v) is 1.06. The van der Waals surface area contributed by atoms with E-state index in [0.717, 1.165) is 5.56 Å². The Labute approximate surface area is 82.1 Å². The van der Waals surface area contributed by atoms with E-state index in [1.165, 1.54) is 6.92 Å². The summed E-state index contributed by atoms with van der Waals surface area (Å²) in [6.45, 7) is 1.34. The first kappa shape index (κ1) is 10.0. The molecule has 0 aliphatic carbocycles. The molecule has 0 radical (unpaired) electrons. The molecule has 0 unspecified atom stereocenters. The molecular formula is C11H9NO2. The van der Waals surface area contributed by atoms with Crippen LogP contribution in [0.3, 0.4) is 0 Å². The first-order valence-corrected chi connectivity index (χ1v) is 3.99. The highest BCUT2D eigenvalue weighted by Gasteiger charge is 2.08.